The van der Waals surface area contributed by atoms with Crippen molar-refractivity contribution in [1.29, 1.82) is 0 Å². The van der Waals surface area contributed by atoms with Crippen LogP contribution < -0.4 is 0 Å². The van der Waals surface area contributed by atoms with Crippen LogP contribution in [-0.4, -0.2) is 0 Å². The third-order valence-electron chi connectivity index (χ3n) is 5.31. The predicted octanol–water partition coefficient (Wildman–Crippen LogP) is 8.34. The molecule has 0 heterocycles. The number of benzene rings is 3. The molecule has 0 nitrogen and oxygen atoms in total. The fourth-order valence-corrected chi connectivity index (χ4v) is 3.67. The van der Waals surface area contributed by atoms with Gasteiger partial charge in [-0.15, -0.1) is 0 Å². The Morgan fingerprint density at radius 1 is 0.655 bits per heavy atom. The van der Waals surface area contributed by atoms with E-state index in [2.05, 4.69) is 6.92 Å². The van der Waals surface area contributed by atoms with E-state index in [1.54, 1.807) is 36.4 Å². The van der Waals surface area contributed by atoms with Crippen LogP contribution in [0.4, 0.5) is 13.2 Å². The molecule has 0 fully saturated rings. The van der Waals surface area contributed by atoms with Gasteiger partial charge in [-0.1, -0.05) is 93.6 Å². The van der Waals surface area contributed by atoms with Crippen molar-refractivity contribution in [3.05, 3.63) is 83.7 Å². The van der Waals surface area contributed by atoms with Gasteiger partial charge in [-0.3, -0.25) is 0 Å². The normalized spacial score (nSPS) is 11.0. The number of halogens is 3. The van der Waals surface area contributed by atoms with Crippen LogP contribution in [0.2, 0.25) is 0 Å². The highest BCUT2D eigenvalue weighted by Gasteiger charge is 2.20. The van der Waals surface area contributed by atoms with Crippen molar-refractivity contribution in [3.63, 3.8) is 0 Å². The zero-order chi connectivity index (χ0) is 20.6. The van der Waals surface area contributed by atoms with E-state index in [1.807, 2.05) is 18.2 Å². The summed E-state index contributed by atoms with van der Waals surface area (Å²) in [4.78, 5) is 0. The fraction of sp³-hybridized carbons (Fsp3) is 0.308. The standard InChI is InChI=1S/C26H27F3/c1-2-3-4-5-6-8-11-19-14-16-21(17-15-19)24-22(20-12-9-7-10-13-20)18-23(27)25(28)26(24)29/h7,9-10,12-18H,2-6,8,11H2,1H3. The highest BCUT2D eigenvalue weighted by molar-refractivity contribution is 5.84. The molecule has 0 unspecified atom stereocenters. The summed E-state index contributed by atoms with van der Waals surface area (Å²) in [6, 6.07) is 17.5. The average molecular weight is 396 g/mol. The van der Waals surface area contributed by atoms with Crippen LogP contribution in [0.3, 0.4) is 0 Å². The van der Waals surface area contributed by atoms with E-state index in [0.29, 0.717) is 16.7 Å². The Bertz CT molecular complexity index is 915. The smallest absolute Gasteiger partial charge is 0.195 e. The van der Waals surface area contributed by atoms with E-state index in [9.17, 15) is 13.2 Å². The van der Waals surface area contributed by atoms with Crippen LogP contribution in [0, 0.1) is 17.5 Å². The minimum absolute atomic E-state index is 0.0983. The number of rotatable bonds is 9. The average Bonchev–Trinajstić information content (AvgIpc) is 2.75. The summed E-state index contributed by atoms with van der Waals surface area (Å²) in [7, 11) is 0. The maximum Gasteiger partial charge on any atom is 0.195 e. The van der Waals surface area contributed by atoms with Crippen molar-refractivity contribution in [1.82, 2.24) is 0 Å². The quantitative estimate of drug-likeness (QED) is 0.252. The zero-order valence-corrected chi connectivity index (χ0v) is 16.9. The van der Waals surface area contributed by atoms with Crippen molar-refractivity contribution in [3.8, 4) is 22.3 Å². The monoisotopic (exact) mass is 396 g/mol. The summed E-state index contributed by atoms with van der Waals surface area (Å²) >= 11 is 0. The van der Waals surface area contributed by atoms with Crippen LogP contribution in [0.1, 0.15) is 51.0 Å². The molecule has 0 atom stereocenters. The van der Waals surface area contributed by atoms with E-state index in [1.165, 1.54) is 37.7 Å². The van der Waals surface area contributed by atoms with Crippen LogP contribution in [0.25, 0.3) is 22.3 Å². The minimum atomic E-state index is -1.43. The van der Waals surface area contributed by atoms with Gasteiger partial charge in [0.25, 0.3) is 0 Å². The van der Waals surface area contributed by atoms with Crippen molar-refractivity contribution >= 4 is 0 Å². The number of hydrogen-bond acceptors (Lipinski definition) is 0. The van der Waals surface area contributed by atoms with Crippen LogP contribution in [0.15, 0.2) is 60.7 Å². The Kier molecular flexibility index (Phi) is 7.51. The number of unbranched alkanes of at least 4 members (excludes halogenated alkanes) is 5. The Morgan fingerprint density at radius 3 is 2.00 bits per heavy atom. The summed E-state index contributed by atoms with van der Waals surface area (Å²) in [5.74, 6) is -3.76. The lowest BCUT2D eigenvalue weighted by Gasteiger charge is -2.13. The zero-order valence-electron chi connectivity index (χ0n) is 16.9. The van der Waals surface area contributed by atoms with Gasteiger partial charge >= 0.3 is 0 Å². The number of hydrogen-bond donors (Lipinski definition) is 0. The third kappa shape index (κ3) is 5.29. The van der Waals surface area contributed by atoms with E-state index in [0.717, 1.165) is 18.9 Å². The SMILES string of the molecule is CCCCCCCCc1ccc(-c2c(-c3ccccc3)cc(F)c(F)c2F)cc1. The first-order valence-electron chi connectivity index (χ1n) is 10.4. The summed E-state index contributed by atoms with van der Waals surface area (Å²) in [5.41, 5.74) is 2.82. The molecule has 3 aromatic rings. The van der Waals surface area contributed by atoms with Crippen molar-refractivity contribution in [2.24, 2.45) is 0 Å². The van der Waals surface area contributed by atoms with Crippen LogP contribution in [-0.2, 0) is 6.42 Å². The molecule has 0 aliphatic carbocycles. The Morgan fingerprint density at radius 2 is 1.31 bits per heavy atom. The van der Waals surface area contributed by atoms with Gasteiger partial charge in [-0.2, -0.15) is 0 Å². The molecule has 3 aromatic carbocycles. The van der Waals surface area contributed by atoms with Crippen molar-refractivity contribution in [2.75, 3.05) is 0 Å². The molecule has 29 heavy (non-hydrogen) atoms. The molecular weight excluding hydrogens is 369 g/mol. The fourth-order valence-electron chi connectivity index (χ4n) is 3.67. The van der Waals surface area contributed by atoms with E-state index >= 15 is 0 Å². The molecule has 0 bridgehead atoms. The molecule has 0 amide bonds. The Hall–Kier alpha value is -2.55. The first kappa shape index (κ1) is 21.2. The van der Waals surface area contributed by atoms with E-state index in [4.69, 9.17) is 0 Å². The highest BCUT2D eigenvalue weighted by Crippen LogP contribution is 2.36. The second-order valence-corrected chi connectivity index (χ2v) is 7.49. The topological polar surface area (TPSA) is 0 Å². The summed E-state index contributed by atoms with van der Waals surface area (Å²) in [6.07, 6.45) is 8.37. The molecule has 152 valence electrons. The Labute approximate surface area is 171 Å². The molecule has 0 aliphatic heterocycles. The van der Waals surface area contributed by atoms with Gasteiger partial charge in [0.05, 0.1) is 0 Å². The molecule has 3 rings (SSSR count). The van der Waals surface area contributed by atoms with Gasteiger partial charge < -0.3 is 0 Å². The lowest BCUT2D eigenvalue weighted by Crippen LogP contribution is -1.98. The molecule has 0 aromatic heterocycles. The summed E-state index contributed by atoms with van der Waals surface area (Å²) in [5, 5.41) is 0. The third-order valence-corrected chi connectivity index (χ3v) is 5.31. The van der Waals surface area contributed by atoms with Crippen molar-refractivity contribution in [2.45, 2.75) is 51.9 Å². The minimum Gasteiger partial charge on any atom is -0.204 e. The maximum atomic E-state index is 14.7. The predicted molar refractivity (Wildman–Crippen MR) is 114 cm³/mol. The van der Waals surface area contributed by atoms with Crippen LogP contribution >= 0.6 is 0 Å². The second-order valence-electron chi connectivity index (χ2n) is 7.49. The summed E-state index contributed by atoms with van der Waals surface area (Å²) in [6.45, 7) is 2.21. The molecule has 0 aliphatic rings. The molecule has 0 radical (unpaired) electrons. The van der Waals surface area contributed by atoms with Gasteiger partial charge in [-0.25, -0.2) is 13.2 Å². The van der Waals surface area contributed by atoms with Gasteiger partial charge in [0.2, 0.25) is 0 Å². The van der Waals surface area contributed by atoms with Crippen LogP contribution in [0.5, 0.6) is 0 Å². The van der Waals surface area contributed by atoms with Crippen molar-refractivity contribution < 1.29 is 13.2 Å². The molecule has 0 saturated carbocycles. The lowest BCUT2D eigenvalue weighted by molar-refractivity contribution is 0.449. The van der Waals surface area contributed by atoms with Gasteiger partial charge in [0, 0.05) is 5.56 Å². The van der Waals surface area contributed by atoms with Gasteiger partial charge in [0.15, 0.2) is 17.5 Å². The highest BCUT2D eigenvalue weighted by atomic mass is 19.2. The van der Waals surface area contributed by atoms with E-state index < -0.39 is 17.5 Å². The first-order valence-corrected chi connectivity index (χ1v) is 10.4. The lowest BCUT2D eigenvalue weighted by atomic mass is 9.92. The Balaban J connectivity index is 1.82. The van der Waals surface area contributed by atoms with E-state index in [-0.39, 0.29) is 5.56 Å². The largest absolute Gasteiger partial charge is 0.204 e. The molecule has 0 spiro atoms. The number of aryl methyl sites for hydroxylation is 1. The molecule has 0 N–H and O–H groups in total. The van der Waals surface area contributed by atoms with Gasteiger partial charge in [0.1, 0.15) is 0 Å². The second kappa shape index (κ2) is 10.3. The molecular formula is C26H27F3. The summed E-state index contributed by atoms with van der Waals surface area (Å²) < 4.78 is 42.6. The molecule has 0 saturated heterocycles. The molecule has 3 heteroatoms. The van der Waals surface area contributed by atoms with Gasteiger partial charge in [-0.05, 0) is 41.2 Å². The maximum absolute atomic E-state index is 14.7. The first-order chi connectivity index (χ1) is 14.1.